The second-order valence-electron chi connectivity index (χ2n) is 4.39. The third kappa shape index (κ3) is 4.89. The molecular formula is C13H15ClN2O4. The summed E-state index contributed by atoms with van der Waals surface area (Å²) in [7, 11) is 0. The third-order valence-corrected chi connectivity index (χ3v) is 2.81. The summed E-state index contributed by atoms with van der Waals surface area (Å²) in [5.41, 5.74) is 6.01. The molecule has 0 bridgehead atoms. The molecule has 0 heterocycles. The minimum absolute atomic E-state index is 0.0596. The van der Waals surface area contributed by atoms with E-state index < -0.39 is 23.8 Å². The fourth-order valence-corrected chi connectivity index (χ4v) is 1.94. The van der Waals surface area contributed by atoms with Gasteiger partial charge < -0.3 is 16.2 Å². The first kappa shape index (κ1) is 16.0. The number of hydrogen-bond acceptors (Lipinski definition) is 3. The van der Waals surface area contributed by atoms with Gasteiger partial charge >= 0.3 is 5.97 Å². The van der Waals surface area contributed by atoms with E-state index in [4.69, 9.17) is 22.4 Å². The zero-order valence-corrected chi connectivity index (χ0v) is 11.6. The fraction of sp³-hybridized carbons (Fsp3) is 0.308. The molecule has 1 atom stereocenters. The van der Waals surface area contributed by atoms with Crippen LogP contribution in [0, 0.1) is 6.92 Å². The Labute approximate surface area is 120 Å². The lowest BCUT2D eigenvalue weighted by atomic mass is 10.1. The molecule has 1 rings (SSSR count). The molecule has 4 N–H and O–H groups in total. The lowest BCUT2D eigenvalue weighted by Crippen LogP contribution is -2.41. The average molecular weight is 299 g/mol. The van der Waals surface area contributed by atoms with E-state index in [1.54, 1.807) is 19.1 Å². The van der Waals surface area contributed by atoms with Gasteiger partial charge in [-0.2, -0.15) is 0 Å². The van der Waals surface area contributed by atoms with Crippen molar-refractivity contribution in [2.24, 2.45) is 5.73 Å². The first-order chi connectivity index (χ1) is 9.29. The number of carboxylic acid groups (broad SMARTS) is 1. The molecule has 0 saturated carbocycles. The Hall–Kier alpha value is -2.08. The number of amides is 2. The van der Waals surface area contributed by atoms with Crippen molar-refractivity contribution in [3.63, 3.8) is 0 Å². The van der Waals surface area contributed by atoms with Crippen LogP contribution >= 0.6 is 11.6 Å². The number of nitrogens with one attached hydrogen (secondary N) is 1. The van der Waals surface area contributed by atoms with Crippen molar-refractivity contribution in [1.29, 1.82) is 0 Å². The predicted molar refractivity (Wildman–Crippen MR) is 73.5 cm³/mol. The van der Waals surface area contributed by atoms with Crippen molar-refractivity contribution >= 4 is 29.4 Å². The number of primary amides is 1. The van der Waals surface area contributed by atoms with Crippen LogP contribution in [0.1, 0.15) is 28.8 Å². The average Bonchev–Trinajstić information content (AvgIpc) is 2.32. The Bertz CT molecular complexity index is 525. The first-order valence-corrected chi connectivity index (χ1v) is 6.26. The number of aliphatic carboxylic acids is 1. The molecule has 1 aromatic rings. The van der Waals surface area contributed by atoms with Gasteiger partial charge in [0.05, 0.1) is 0 Å². The summed E-state index contributed by atoms with van der Waals surface area (Å²) in [5, 5.41) is 11.7. The maximum Gasteiger partial charge on any atom is 0.326 e. The number of rotatable bonds is 6. The normalized spacial score (nSPS) is 11.7. The summed E-state index contributed by atoms with van der Waals surface area (Å²) in [6.07, 6.45) is -0.179. The number of aryl methyl sites for hydroxylation is 1. The Balaban J connectivity index is 2.79. The van der Waals surface area contributed by atoms with E-state index >= 15 is 0 Å². The molecule has 0 aromatic heterocycles. The summed E-state index contributed by atoms with van der Waals surface area (Å²) in [4.78, 5) is 33.6. The van der Waals surface area contributed by atoms with Crippen LogP contribution in [-0.4, -0.2) is 28.9 Å². The Morgan fingerprint density at radius 2 is 2.00 bits per heavy atom. The van der Waals surface area contributed by atoms with E-state index in [0.717, 1.165) is 5.56 Å². The zero-order valence-electron chi connectivity index (χ0n) is 10.9. The first-order valence-electron chi connectivity index (χ1n) is 5.88. The molecule has 0 aliphatic rings. The van der Waals surface area contributed by atoms with Crippen LogP contribution in [0.25, 0.3) is 0 Å². The number of carbonyl (C=O) groups excluding carboxylic acids is 2. The Kier molecular flexibility index (Phi) is 5.52. The highest BCUT2D eigenvalue weighted by Crippen LogP contribution is 2.14. The van der Waals surface area contributed by atoms with Gasteiger partial charge in [0.15, 0.2) is 0 Å². The Morgan fingerprint density at radius 1 is 1.35 bits per heavy atom. The maximum absolute atomic E-state index is 12.0. The van der Waals surface area contributed by atoms with Gasteiger partial charge in [0, 0.05) is 17.0 Å². The monoisotopic (exact) mass is 298 g/mol. The number of hydrogen-bond donors (Lipinski definition) is 3. The van der Waals surface area contributed by atoms with Gasteiger partial charge in [0.25, 0.3) is 5.91 Å². The SMILES string of the molecule is Cc1cc(Cl)cc(C(=O)N[C@H](CCC(N)=O)C(=O)O)c1. The number of carboxylic acids is 1. The Morgan fingerprint density at radius 3 is 2.50 bits per heavy atom. The molecule has 2 amide bonds. The molecule has 0 aliphatic heterocycles. The highest BCUT2D eigenvalue weighted by molar-refractivity contribution is 6.31. The third-order valence-electron chi connectivity index (χ3n) is 2.59. The topological polar surface area (TPSA) is 109 Å². The molecule has 108 valence electrons. The molecule has 20 heavy (non-hydrogen) atoms. The number of carbonyl (C=O) groups is 3. The van der Waals surface area contributed by atoms with Crippen molar-refractivity contribution in [3.8, 4) is 0 Å². The number of halogens is 1. The van der Waals surface area contributed by atoms with Crippen molar-refractivity contribution < 1.29 is 19.5 Å². The minimum atomic E-state index is -1.22. The van der Waals surface area contributed by atoms with Gasteiger partial charge in [-0.05, 0) is 37.1 Å². The van der Waals surface area contributed by atoms with Crippen LogP contribution in [0.5, 0.6) is 0 Å². The predicted octanol–water partition coefficient (Wildman–Crippen LogP) is 1.10. The van der Waals surface area contributed by atoms with Gasteiger partial charge in [0.2, 0.25) is 5.91 Å². The summed E-state index contributed by atoms with van der Waals surface area (Å²) in [6.45, 7) is 1.77. The minimum Gasteiger partial charge on any atom is -0.480 e. The van der Waals surface area contributed by atoms with Crippen LogP contribution in [0.15, 0.2) is 18.2 Å². The highest BCUT2D eigenvalue weighted by Gasteiger charge is 2.21. The van der Waals surface area contributed by atoms with Gasteiger partial charge in [-0.1, -0.05) is 11.6 Å². The summed E-state index contributed by atoms with van der Waals surface area (Å²) in [5.74, 6) is -2.41. The van der Waals surface area contributed by atoms with E-state index in [2.05, 4.69) is 5.32 Å². The molecule has 0 unspecified atom stereocenters. The zero-order chi connectivity index (χ0) is 15.3. The van der Waals surface area contributed by atoms with Crippen LogP contribution in [0.2, 0.25) is 5.02 Å². The molecule has 1 aromatic carbocycles. The lowest BCUT2D eigenvalue weighted by Gasteiger charge is -2.14. The molecule has 7 heteroatoms. The van der Waals surface area contributed by atoms with E-state index in [9.17, 15) is 14.4 Å². The van der Waals surface area contributed by atoms with Crippen molar-refractivity contribution in [2.45, 2.75) is 25.8 Å². The van der Waals surface area contributed by atoms with E-state index in [-0.39, 0.29) is 18.4 Å². The van der Waals surface area contributed by atoms with E-state index in [1.165, 1.54) is 6.07 Å². The van der Waals surface area contributed by atoms with Gasteiger partial charge in [0.1, 0.15) is 6.04 Å². The smallest absolute Gasteiger partial charge is 0.326 e. The van der Waals surface area contributed by atoms with E-state index in [1.807, 2.05) is 0 Å². The summed E-state index contributed by atoms with van der Waals surface area (Å²) in [6, 6.07) is 3.54. The standard InChI is InChI=1S/C13H15ClN2O4/c1-7-4-8(6-9(14)5-7)12(18)16-10(13(19)20)2-3-11(15)17/h4-6,10H,2-3H2,1H3,(H2,15,17)(H,16,18)(H,19,20)/t10-/m1/s1. The maximum atomic E-state index is 12.0. The van der Waals surface area contributed by atoms with Crippen molar-refractivity contribution in [1.82, 2.24) is 5.32 Å². The van der Waals surface area contributed by atoms with Crippen molar-refractivity contribution in [2.75, 3.05) is 0 Å². The van der Waals surface area contributed by atoms with E-state index in [0.29, 0.717) is 5.02 Å². The van der Waals surface area contributed by atoms with Crippen LogP contribution < -0.4 is 11.1 Å². The fourth-order valence-electron chi connectivity index (χ4n) is 1.65. The van der Waals surface area contributed by atoms with Gasteiger partial charge in [-0.15, -0.1) is 0 Å². The van der Waals surface area contributed by atoms with Crippen molar-refractivity contribution in [3.05, 3.63) is 34.3 Å². The van der Waals surface area contributed by atoms with Crippen LogP contribution in [0.4, 0.5) is 0 Å². The molecule has 0 spiro atoms. The van der Waals surface area contributed by atoms with Gasteiger partial charge in [-0.25, -0.2) is 4.79 Å². The highest BCUT2D eigenvalue weighted by atomic mass is 35.5. The molecule has 0 fully saturated rings. The molecular weight excluding hydrogens is 284 g/mol. The molecule has 0 radical (unpaired) electrons. The molecule has 6 nitrogen and oxygen atoms in total. The number of nitrogens with two attached hydrogens (primary N) is 1. The second kappa shape index (κ2) is 6.91. The molecule has 0 saturated heterocycles. The molecule has 0 aliphatic carbocycles. The van der Waals surface area contributed by atoms with Crippen LogP contribution in [-0.2, 0) is 9.59 Å². The summed E-state index contributed by atoms with van der Waals surface area (Å²) >= 11 is 5.84. The van der Waals surface area contributed by atoms with Crippen LogP contribution in [0.3, 0.4) is 0 Å². The van der Waals surface area contributed by atoms with Gasteiger partial charge in [-0.3, -0.25) is 9.59 Å². The number of benzene rings is 1. The quantitative estimate of drug-likeness (QED) is 0.730. The summed E-state index contributed by atoms with van der Waals surface area (Å²) < 4.78 is 0. The largest absolute Gasteiger partial charge is 0.480 e. The second-order valence-corrected chi connectivity index (χ2v) is 4.82. The lowest BCUT2D eigenvalue weighted by molar-refractivity contribution is -0.139.